The lowest BCUT2D eigenvalue weighted by Crippen LogP contribution is -2.29. The topological polar surface area (TPSA) is 51.3 Å². The summed E-state index contributed by atoms with van der Waals surface area (Å²) in [6.07, 6.45) is 1.51. The molecule has 0 unspecified atom stereocenters. The Morgan fingerprint density at radius 3 is 2.89 bits per heavy atom. The van der Waals surface area contributed by atoms with Gasteiger partial charge in [0.25, 0.3) is 5.91 Å². The van der Waals surface area contributed by atoms with Crippen LogP contribution in [0.25, 0.3) is 11.0 Å². The van der Waals surface area contributed by atoms with Crippen LogP contribution in [0, 0.1) is 0 Å². The second-order valence-electron chi connectivity index (χ2n) is 4.49. The summed E-state index contributed by atoms with van der Waals surface area (Å²) in [5.74, 6) is 0.905. The average Bonchev–Trinajstić information content (AvgIpc) is 3.14. The van der Waals surface area contributed by atoms with Gasteiger partial charge in [0.2, 0.25) is 5.95 Å². The van der Waals surface area contributed by atoms with Gasteiger partial charge in [-0.3, -0.25) is 9.69 Å². The normalized spacial score (nSPS) is 14.0. The highest BCUT2D eigenvalue weighted by atomic mass is 16.3. The zero-order valence-corrected chi connectivity index (χ0v) is 10.1. The molecule has 3 heterocycles. The highest BCUT2D eigenvalue weighted by molar-refractivity contribution is 6.04. The molecule has 2 aromatic heterocycles. The van der Waals surface area contributed by atoms with E-state index in [0.29, 0.717) is 18.3 Å². The van der Waals surface area contributed by atoms with Crippen molar-refractivity contribution in [3.05, 3.63) is 48.4 Å². The van der Waals surface area contributed by atoms with Crippen LogP contribution >= 0.6 is 0 Å². The molecule has 0 saturated heterocycles. The van der Waals surface area contributed by atoms with Crippen LogP contribution in [0.1, 0.15) is 10.6 Å². The lowest BCUT2D eigenvalue weighted by atomic mass is 10.3. The van der Waals surface area contributed by atoms with E-state index in [0.717, 1.165) is 17.6 Å². The Bertz CT molecular complexity index is 758. The summed E-state index contributed by atoms with van der Waals surface area (Å²) >= 11 is 0. The van der Waals surface area contributed by atoms with Gasteiger partial charge in [0.1, 0.15) is 0 Å². The van der Waals surface area contributed by atoms with Crippen molar-refractivity contribution in [3.63, 3.8) is 0 Å². The minimum atomic E-state index is -0.140. The number of carbonyl (C=O) groups is 1. The van der Waals surface area contributed by atoms with Gasteiger partial charge in [-0.15, -0.1) is 0 Å². The first kappa shape index (κ1) is 10.4. The molecule has 1 amide bonds. The van der Waals surface area contributed by atoms with Gasteiger partial charge in [0, 0.05) is 13.1 Å². The van der Waals surface area contributed by atoms with Crippen LogP contribution in [0.5, 0.6) is 0 Å². The van der Waals surface area contributed by atoms with E-state index in [1.54, 1.807) is 17.0 Å². The van der Waals surface area contributed by atoms with Crippen molar-refractivity contribution in [3.8, 4) is 0 Å². The van der Waals surface area contributed by atoms with E-state index < -0.39 is 0 Å². The van der Waals surface area contributed by atoms with Gasteiger partial charge in [-0.25, -0.2) is 4.98 Å². The molecule has 0 spiro atoms. The van der Waals surface area contributed by atoms with E-state index in [1.807, 2.05) is 24.3 Å². The van der Waals surface area contributed by atoms with E-state index in [9.17, 15) is 4.79 Å². The molecule has 4 rings (SSSR count). The molecule has 3 aromatic rings. The molecule has 0 atom stereocenters. The van der Waals surface area contributed by atoms with Crippen LogP contribution in [0.4, 0.5) is 5.95 Å². The minimum absolute atomic E-state index is 0.140. The zero-order chi connectivity index (χ0) is 12.8. The molecular weight excluding hydrogens is 242 g/mol. The number of imidazole rings is 1. The molecule has 0 bridgehead atoms. The van der Waals surface area contributed by atoms with Gasteiger partial charge < -0.3 is 8.98 Å². The van der Waals surface area contributed by atoms with Crippen LogP contribution in [0.2, 0.25) is 0 Å². The third-order valence-electron chi connectivity index (χ3n) is 3.40. The molecule has 19 heavy (non-hydrogen) atoms. The van der Waals surface area contributed by atoms with Gasteiger partial charge >= 0.3 is 0 Å². The number of benzene rings is 1. The Balaban J connectivity index is 1.82. The maximum absolute atomic E-state index is 12.3. The molecule has 0 radical (unpaired) electrons. The molecule has 94 valence electrons. The maximum Gasteiger partial charge on any atom is 0.296 e. The van der Waals surface area contributed by atoms with Crippen molar-refractivity contribution in [2.75, 3.05) is 11.4 Å². The molecule has 1 aliphatic heterocycles. The number of hydrogen-bond acceptors (Lipinski definition) is 3. The number of fused-ring (bicyclic) bond motifs is 3. The van der Waals surface area contributed by atoms with Crippen molar-refractivity contribution < 1.29 is 9.21 Å². The third kappa shape index (κ3) is 1.41. The fraction of sp³-hybridized carbons (Fsp3) is 0.143. The molecule has 0 saturated carbocycles. The predicted molar refractivity (Wildman–Crippen MR) is 70.1 cm³/mol. The number of anilines is 1. The summed E-state index contributed by atoms with van der Waals surface area (Å²) < 4.78 is 7.23. The summed E-state index contributed by atoms with van der Waals surface area (Å²) in [5, 5.41) is 0. The summed E-state index contributed by atoms with van der Waals surface area (Å²) in [6.45, 7) is 1.40. The standard InChI is InChI=1S/C14H11N3O2/c18-13(12-6-3-9-19-12)17-8-7-16-11-5-2-1-4-10(11)15-14(16)17/h1-6,9H,7-8H2. The van der Waals surface area contributed by atoms with Gasteiger partial charge in [0.05, 0.1) is 17.3 Å². The highest BCUT2D eigenvalue weighted by Crippen LogP contribution is 2.28. The van der Waals surface area contributed by atoms with E-state index >= 15 is 0 Å². The number of hydrogen-bond donors (Lipinski definition) is 0. The van der Waals surface area contributed by atoms with E-state index in [2.05, 4.69) is 9.55 Å². The fourth-order valence-corrected chi connectivity index (χ4v) is 2.51. The number of furan rings is 1. The van der Waals surface area contributed by atoms with Gasteiger partial charge in [-0.1, -0.05) is 12.1 Å². The van der Waals surface area contributed by atoms with Crippen LogP contribution < -0.4 is 4.90 Å². The summed E-state index contributed by atoms with van der Waals surface area (Å²) in [7, 11) is 0. The number of para-hydroxylation sites is 2. The molecular formula is C14H11N3O2. The predicted octanol–water partition coefficient (Wildman–Crippen LogP) is 2.29. The second kappa shape index (κ2) is 3.71. The second-order valence-corrected chi connectivity index (χ2v) is 4.49. The zero-order valence-electron chi connectivity index (χ0n) is 10.1. The summed E-state index contributed by atoms with van der Waals surface area (Å²) in [6, 6.07) is 11.3. The van der Waals surface area contributed by atoms with Gasteiger partial charge in [0.15, 0.2) is 5.76 Å². The van der Waals surface area contributed by atoms with Gasteiger partial charge in [-0.05, 0) is 24.3 Å². The molecule has 0 N–H and O–H groups in total. The highest BCUT2D eigenvalue weighted by Gasteiger charge is 2.30. The van der Waals surface area contributed by atoms with Crippen molar-refractivity contribution >= 4 is 22.9 Å². The first-order chi connectivity index (χ1) is 9.34. The smallest absolute Gasteiger partial charge is 0.296 e. The molecule has 5 heteroatoms. The lowest BCUT2D eigenvalue weighted by Gasteiger charge is -2.11. The minimum Gasteiger partial charge on any atom is -0.459 e. The molecule has 0 fully saturated rings. The first-order valence-electron chi connectivity index (χ1n) is 6.15. The van der Waals surface area contributed by atoms with E-state index in [-0.39, 0.29) is 5.91 Å². The average molecular weight is 253 g/mol. The molecule has 1 aliphatic rings. The Labute approximate surface area is 109 Å². The number of aromatic nitrogens is 2. The fourth-order valence-electron chi connectivity index (χ4n) is 2.51. The molecule has 0 aliphatic carbocycles. The number of amides is 1. The Morgan fingerprint density at radius 1 is 1.16 bits per heavy atom. The van der Waals surface area contributed by atoms with Crippen molar-refractivity contribution in [2.24, 2.45) is 0 Å². The quantitative estimate of drug-likeness (QED) is 0.668. The SMILES string of the molecule is O=C(c1ccco1)N1CCn2c1nc1ccccc12. The number of nitrogens with zero attached hydrogens (tertiary/aromatic N) is 3. The maximum atomic E-state index is 12.3. The van der Waals surface area contributed by atoms with Gasteiger partial charge in [-0.2, -0.15) is 0 Å². The van der Waals surface area contributed by atoms with E-state index in [1.165, 1.54) is 6.26 Å². The summed E-state index contributed by atoms with van der Waals surface area (Å²) in [5.41, 5.74) is 1.97. The van der Waals surface area contributed by atoms with Crippen LogP contribution in [-0.2, 0) is 6.54 Å². The summed E-state index contributed by atoms with van der Waals surface area (Å²) in [4.78, 5) is 18.5. The Kier molecular flexibility index (Phi) is 2.03. The Morgan fingerprint density at radius 2 is 2.05 bits per heavy atom. The largest absolute Gasteiger partial charge is 0.459 e. The van der Waals surface area contributed by atoms with E-state index in [4.69, 9.17) is 4.42 Å². The van der Waals surface area contributed by atoms with Crippen molar-refractivity contribution in [2.45, 2.75) is 6.54 Å². The molecule has 5 nitrogen and oxygen atoms in total. The molecule has 1 aromatic carbocycles. The van der Waals surface area contributed by atoms with Crippen LogP contribution in [0.3, 0.4) is 0 Å². The van der Waals surface area contributed by atoms with Crippen LogP contribution in [0.15, 0.2) is 47.1 Å². The van der Waals surface area contributed by atoms with Crippen LogP contribution in [-0.4, -0.2) is 22.0 Å². The van der Waals surface area contributed by atoms with Crippen molar-refractivity contribution in [1.29, 1.82) is 0 Å². The number of carbonyl (C=O) groups excluding carboxylic acids is 1. The lowest BCUT2D eigenvalue weighted by molar-refractivity contribution is 0.0962. The third-order valence-corrected chi connectivity index (χ3v) is 3.40. The Hall–Kier alpha value is -2.56. The monoisotopic (exact) mass is 253 g/mol. The van der Waals surface area contributed by atoms with Crippen molar-refractivity contribution in [1.82, 2.24) is 9.55 Å². The first-order valence-corrected chi connectivity index (χ1v) is 6.15. The number of rotatable bonds is 1.